The summed E-state index contributed by atoms with van der Waals surface area (Å²) in [5.74, 6) is 0.771. The average molecular weight is 181 g/mol. The van der Waals surface area contributed by atoms with Crippen LogP contribution in [0.15, 0.2) is 24.3 Å². The van der Waals surface area contributed by atoms with Crippen LogP contribution in [0.5, 0.6) is 5.75 Å². The molecule has 0 unspecified atom stereocenters. The minimum atomic E-state index is -0.597. The van der Waals surface area contributed by atoms with Gasteiger partial charge < -0.3 is 15.6 Å². The Morgan fingerprint density at radius 2 is 2.31 bits per heavy atom. The van der Waals surface area contributed by atoms with E-state index in [-0.39, 0.29) is 6.54 Å². The summed E-state index contributed by atoms with van der Waals surface area (Å²) in [6, 6.07) is 7.34. The Balaban J connectivity index is 2.78. The average Bonchev–Trinajstić information content (AvgIpc) is 2.18. The van der Waals surface area contributed by atoms with E-state index in [1.54, 1.807) is 6.07 Å². The van der Waals surface area contributed by atoms with Crippen LogP contribution in [0, 0.1) is 0 Å². The van der Waals surface area contributed by atoms with E-state index in [9.17, 15) is 5.11 Å². The lowest BCUT2D eigenvalue weighted by molar-refractivity contribution is 0.186. The third kappa shape index (κ3) is 2.72. The third-order valence-corrected chi connectivity index (χ3v) is 1.78. The van der Waals surface area contributed by atoms with Crippen LogP contribution < -0.4 is 10.5 Å². The van der Waals surface area contributed by atoms with Gasteiger partial charge in [-0.1, -0.05) is 12.1 Å². The highest BCUT2D eigenvalue weighted by atomic mass is 16.5. The van der Waals surface area contributed by atoms with Crippen molar-refractivity contribution in [1.29, 1.82) is 0 Å². The molecule has 13 heavy (non-hydrogen) atoms. The van der Waals surface area contributed by atoms with E-state index in [0.717, 1.165) is 11.3 Å². The second-order valence-electron chi connectivity index (χ2n) is 2.76. The van der Waals surface area contributed by atoms with Crippen molar-refractivity contribution in [2.45, 2.75) is 13.0 Å². The number of rotatable bonds is 4. The third-order valence-electron chi connectivity index (χ3n) is 1.78. The van der Waals surface area contributed by atoms with E-state index in [1.807, 2.05) is 25.1 Å². The molecule has 0 heterocycles. The zero-order chi connectivity index (χ0) is 9.68. The number of aliphatic hydroxyl groups excluding tert-OH is 1. The summed E-state index contributed by atoms with van der Waals surface area (Å²) in [6.45, 7) is 2.78. The first kappa shape index (κ1) is 10.0. The van der Waals surface area contributed by atoms with Crippen LogP contribution in [0.1, 0.15) is 18.6 Å². The molecule has 1 atom stereocenters. The Morgan fingerprint density at radius 1 is 1.54 bits per heavy atom. The fraction of sp³-hybridized carbons (Fsp3) is 0.400. The first-order valence-corrected chi connectivity index (χ1v) is 4.38. The number of benzene rings is 1. The summed E-state index contributed by atoms with van der Waals surface area (Å²) in [5, 5.41) is 9.44. The smallest absolute Gasteiger partial charge is 0.119 e. The predicted octanol–water partition coefficient (Wildman–Crippen LogP) is 1.08. The Morgan fingerprint density at radius 3 is 2.92 bits per heavy atom. The Hall–Kier alpha value is -1.06. The van der Waals surface area contributed by atoms with Crippen LogP contribution in [0.4, 0.5) is 0 Å². The number of hydrogen-bond donors (Lipinski definition) is 2. The molecule has 0 bridgehead atoms. The minimum Gasteiger partial charge on any atom is -0.494 e. The molecule has 3 N–H and O–H groups in total. The maximum Gasteiger partial charge on any atom is 0.119 e. The van der Waals surface area contributed by atoms with E-state index >= 15 is 0 Å². The molecule has 0 aliphatic heterocycles. The van der Waals surface area contributed by atoms with Crippen molar-refractivity contribution in [3.8, 4) is 5.75 Å². The maximum atomic E-state index is 9.44. The molecule has 3 heteroatoms. The molecule has 0 fully saturated rings. The fourth-order valence-corrected chi connectivity index (χ4v) is 1.11. The molecule has 3 nitrogen and oxygen atoms in total. The van der Waals surface area contributed by atoms with Crippen LogP contribution >= 0.6 is 0 Å². The van der Waals surface area contributed by atoms with Gasteiger partial charge in [-0.05, 0) is 24.6 Å². The van der Waals surface area contributed by atoms with Crippen LogP contribution in [0.2, 0.25) is 0 Å². The molecule has 0 aromatic heterocycles. The molecule has 0 radical (unpaired) electrons. The summed E-state index contributed by atoms with van der Waals surface area (Å²) in [4.78, 5) is 0. The van der Waals surface area contributed by atoms with Gasteiger partial charge >= 0.3 is 0 Å². The van der Waals surface area contributed by atoms with Crippen molar-refractivity contribution < 1.29 is 9.84 Å². The predicted molar refractivity (Wildman–Crippen MR) is 51.6 cm³/mol. The fourth-order valence-electron chi connectivity index (χ4n) is 1.11. The SMILES string of the molecule is CCOc1cccc([C@H](O)CN)c1. The monoisotopic (exact) mass is 181 g/mol. The second-order valence-corrected chi connectivity index (χ2v) is 2.76. The van der Waals surface area contributed by atoms with Gasteiger partial charge in [0.1, 0.15) is 5.75 Å². The van der Waals surface area contributed by atoms with Crippen LogP contribution in [0.3, 0.4) is 0 Å². The Labute approximate surface area is 78.1 Å². The first-order chi connectivity index (χ1) is 6.27. The summed E-state index contributed by atoms with van der Waals surface area (Å²) in [6.07, 6.45) is -0.597. The lowest BCUT2D eigenvalue weighted by Crippen LogP contribution is -2.11. The molecule has 0 amide bonds. The van der Waals surface area contributed by atoms with Crippen molar-refractivity contribution in [1.82, 2.24) is 0 Å². The quantitative estimate of drug-likeness (QED) is 0.730. The molecule has 72 valence electrons. The molecule has 1 rings (SSSR count). The van der Waals surface area contributed by atoms with Crippen LogP contribution in [-0.4, -0.2) is 18.3 Å². The second kappa shape index (κ2) is 4.84. The number of hydrogen-bond acceptors (Lipinski definition) is 3. The largest absolute Gasteiger partial charge is 0.494 e. The number of nitrogens with two attached hydrogens (primary N) is 1. The zero-order valence-electron chi connectivity index (χ0n) is 7.73. The molecular weight excluding hydrogens is 166 g/mol. The van der Waals surface area contributed by atoms with E-state index < -0.39 is 6.10 Å². The summed E-state index contributed by atoms with van der Waals surface area (Å²) in [5.41, 5.74) is 6.14. The van der Waals surface area contributed by atoms with Gasteiger partial charge in [-0.25, -0.2) is 0 Å². The molecule has 0 spiro atoms. The first-order valence-electron chi connectivity index (χ1n) is 4.38. The highest BCUT2D eigenvalue weighted by Crippen LogP contribution is 2.18. The molecule has 0 aliphatic rings. The zero-order valence-corrected chi connectivity index (χ0v) is 7.73. The number of aliphatic hydroxyl groups is 1. The Bertz CT molecular complexity index is 263. The van der Waals surface area contributed by atoms with Gasteiger partial charge in [-0.3, -0.25) is 0 Å². The molecule has 1 aromatic carbocycles. The normalized spacial score (nSPS) is 12.5. The van der Waals surface area contributed by atoms with Gasteiger partial charge in [0.2, 0.25) is 0 Å². The van der Waals surface area contributed by atoms with Gasteiger partial charge in [0.25, 0.3) is 0 Å². The molecule has 1 aromatic rings. The lowest BCUT2D eigenvalue weighted by Gasteiger charge is -2.09. The van der Waals surface area contributed by atoms with E-state index in [0.29, 0.717) is 6.61 Å². The molecule has 0 saturated carbocycles. The molecule has 0 saturated heterocycles. The highest BCUT2D eigenvalue weighted by molar-refractivity contribution is 5.29. The van der Waals surface area contributed by atoms with Gasteiger partial charge in [-0.2, -0.15) is 0 Å². The standard InChI is InChI=1S/C10H15NO2/c1-2-13-9-5-3-4-8(6-9)10(12)7-11/h3-6,10,12H,2,7,11H2,1H3/t10-/m1/s1. The van der Waals surface area contributed by atoms with E-state index in [2.05, 4.69) is 0 Å². The van der Waals surface area contributed by atoms with Gasteiger partial charge in [0, 0.05) is 6.54 Å². The van der Waals surface area contributed by atoms with Crippen molar-refractivity contribution in [2.75, 3.05) is 13.2 Å². The number of ether oxygens (including phenoxy) is 1. The minimum absolute atomic E-state index is 0.232. The summed E-state index contributed by atoms with van der Waals surface area (Å²) >= 11 is 0. The molecular formula is C10H15NO2. The highest BCUT2D eigenvalue weighted by Gasteiger charge is 2.05. The summed E-state index contributed by atoms with van der Waals surface area (Å²) in [7, 11) is 0. The van der Waals surface area contributed by atoms with E-state index in [4.69, 9.17) is 10.5 Å². The topological polar surface area (TPSA) is 55.5 Å². The van der Waals surface area contributed by atoms with Gasteiger partial charge in [0.05, 0.1) is 12.7 Å². The van der Waals surface area contributed by atoms with Crippen molar-refractivity contribution in [3.05, 3.63) is 29.8 Å². The lowest BCUT2D eigenvalue weighted by atomic mass is 10.1. The van der Waals surface area contributed by atoms with Gasteiger partial charge in [-0.15, -0.1) is 0 Å². The van der Waals surface area contributed by atoms with Gasteiger partial charge in [0.15, 0.2) is 0 Å². The van der Waals surface area contributed by atoms with Crippen molar-refractivity contribution >= 4 is 0 Å². The molecule has 0 aliphatic carbocycles. The van der Waals surface area contributed by atoms with Crippen molar-refractivity contribution in [2.24, 2.45) is 5.73 Å². The maximum absolute atomic E-state index is 9.44. The van der Waals surface area contributed by atoms with Crippen LogP contribution in [-0.2, 0) is 0 Å². The van der Waals surface area contributed by atoms with Crippen LogP contribution in [0.25, 0.3) is 0 Å². The van der Waals surface area contributed by atoms with E-state index in [1.165, 1.54) is 0 Å². The summed E-state index contributed by atoms with van der Waals surface area (Å²) < 4.78 is 5.29. The van der Waals surface area contributed by atoms with Crippen molar-refractivity contribution in [3.63, 3.8) is 0 Å². The Kier molecular flexibility index (Phi) is 3.73.